The number of benzene rings is 1. The lowest BCUT2D eigenvalue weighted by Gasteiger charge is -2.06. The summed E-state index contributed by atoms with van der Waals surface area (Å²) in [7, 11) is 0. The van der Waals surface area contributed by atoms with Crippen molar-refractivity contribution in [1.82, 2.24) is 10.3 Å². The van der Waals surface area contributed by atoms with Crippen LogP contribution < -0.4 is 5.32 Å². The second-order valence-corrected chi connectivity index (χ2v) is 4.82. The van der Waals surface area contributed by atoms with Crippen molar-refractivity contribution in [3.8, 4) is 0 Å². The lowest BCUT2D eigenvalue weighted by atomic mass is 10.2. The van der Waals surface area contributed by atoms with Crippen LogP contribution in [0.2, 0.25) is 0 Å². The van der Waals surface area contributed by atoms with E-state index in [-0.39, 0.29) is 10.0 Å². The van der Waals surface area contributed by atoms with Gasteiger partial charge in [0.25, 0.3) is 5.91 Å². The highest BCUT2D eigenvalue weighted by Gasteiger charge is 2.12. The molecular formula is C14H12BrFN2O. The van der Waals surface area contributed by atoms with E-state index >= 15 is 0 Å². The quantitative estimate of drug-likeness (QED) is 0.940. The van der Waals surface area contributed by atoms with Crippen molar-refractivity contribution in [1.29, 1.82) is 0 Å². The summed E-state index contributed by atoms with van der Waals surface area (Å²) in [4.78, 5) is 15.8. The normalized spacial score (nSPS) is 10.2. The number of carbonyl (C=O) groups excluding carboxylic acids is 1. The number of nitrogens with zero attached hydrogens (tertiary/aromatic N) is 1. The SMILES string of the molecule is O=C(NCCc1cccnc1)c1cccc(Br)c1F. The fourth-order valence-corrected chi connectivity index (χ4v) is 2.01. The molecule has 19 heavy (non-hydrogen) atoms. The van der Waals surface area contributed by atoms with Crippen molar-refractivity contribution in [2.75, 3.05) is 6.54 Å². The maximum absolute atomic E-state index is 13.7. The van der Waals surface area contributed by atoms with Crippen LogP contribution in [0, 0.1) is 5.82 Å². The maximum Gasteiger partial charge on any atom is 0.254 e. The van der Waals surface area contributed by atoms with E-state index in [4.69, 9.17) is 0 Å². The summed E-state index contributed by atoms with van der Waals surface area (Å²) in [5, 5.41) is 2.69. The number of aromatic nitrogens is 1. The molecule has 0 saturated carbocycles. The second kappa shape index (κ2) is 6.43. The van der Waals surface area contributed by atoms with Crippen LogP contribution in [0.3, 0.4) is 0 Å². The Bertz CT molecular complexity index is 575. The summed E-state index contributed by atoms with van der Waals surface area (Å²) in [6, 6.07) is 8.41. The van der Waals surface area contributed by atoms with Crippen LogP contribution in [-0.2, 0) is 6.42 Å². The Balaban J connectivity index is 1.93. The topological polar surface area (TPSA) is 42.0 Å². The van der Waals surface area contributed by atoms with Crippen LogP contribution in [0.5, 0.6) is 0 Å². The molecule has 0 aliphatic carbocycles. The van der Waals surface area contributed by atoms with Gasteiger partial charge < -0.3 is 5.32 Å². The van der Waals surface area contributed by atoms with Gasteiger partial charge in [-0.15, -0.1) is 0 Å². The van der Waals surface area contributed by atoms with Crippen LogP contribution in [-0.4, -0.2) is 17.4 Å². The van der Waals surface area contributed by atoms with Crippen molar-refractivity contribution in [3.05, 3.63) is 64.1 Å². The monoisotopic (exact) mass is 322 g/mol. The highest BCUT2D eigenvalue weighted by Crippen LogP contribution is 2.18. The Morgan fingerprint density at radius 1 is 1.32 bits per heavy atom. The molecule has 1 heterocycles. The van der Waals surface area contributed by atoms with Crippen LogP contribution in [0.15, 0.2) is 47.2 Å². The molecule has 0 spiro atoms. The summed E-state index contributed by atoms with van der Waals surface area (Å²) in [6.45, 7) is 0.441. The lowest BCUT2D eigenvalue weighted by Crippen LogP contribution is -2.26. The number of nitrogens with one attached hydrogen (secondary N) is 1. The zero-order chi connectivity index (χ0) is 13.7. The molecule has 0 aliphatic rings. The van der Waals surface area contributed by atoms with Crippen molar-refractivity contribution in [2.45, 2.75) is 6.42 Å². The number of hydrogen-bond donors (Lipinski definition) is 1. The van der Waals surface area contributed by atoms with Gasteiger partial charge in [-0.1, -0.05) is 12.1 Å². The van der Waals surface area contributed by atoms with E-state index in [1.807, 2.05) is 12.1 Å². The van der Waals surface area contributed by atoms with Crippen LogP contribution >= 0.6 is 15.9 Å². The molecule has 1 amide bonds. The van der Waals surface area contributed by atoms with E-state index in [0.29, 0.717) is 13.0 Å². The zero-order valence-electron chi connectivity index (χ0n) is 10.1. The number of rotatable bonds is 4. The predicted octanol–water partition coefficient (Wildman–Crippen LogP) is 2.96. The van der Waals surface area contributed by atoms with Gasteiger partial charge in [0.05, 0.1) is 10.0 Å². The first-order chi connectivity index (χ1) is 9.18. The van der Waals surface area contributed by atoms with Gasteiger partial charge >= 0.3 is 0 Å². The van der Waals surface area contributed by atoms with E-state index in [1.165, 1.54) is 6.07 Å². The highest BCUT2D eigenvalue weighted by molar-refractivity contribution is 9.10. The molecule has 1 N–H and O–H groups in total. The van der Waals surface area contributed by atoms with Crippen molar-refractivity contribution >= 4 is 21.8 Å². The Hall–Kier alpha value is -1.75. The summed E-state index contributed by atoms with van der Waals surface area (Å²) < 4.78 is 14.0. The van der Waals surface area contributed by atoms with Gasteiger partial charge in [0.15, 0.2) is 0 Å². The van der Waals surface area contributed by atoms with E-state index in [0.717, 1.165) is 5.56 Å². The molecule has 0 unspecified atom stereocenters. The van der Waals surface area contributed by atoms with Crippen molar-refractivity contribution in [3.63, 3.8) is 0 Å². The van der Waals surface area contributed by atoms with Gasteiger partial charge in [0, 0.05) is 18.9 Å². The largest absolute Gasteiger partial charge is 0.352 e. The molecule has 0 bridgehead atoms. The Morgan fingerprint density at radius 2 is 2.16 bits per heavy atom. The molecule has 0 aliphatic heterocycles. The highest BCUT2D eigenvalue weighted by atomic mass is 79.9. The molecule has 98 valence electrons. The smallest absolute Gasteiger partial charge is 0.254 e. The van der Waals surface area contributed by atoms with Gasteiger partial charge in [-0.2, -0.15) is 0 Å². The lowest BCUT2D eigenvalue weighted by molar-refractivity contribution is 0.0950. The Labute approximate surface area is 119 Å². The first-order valence-corrected chi connectivity index (χ1v) is 6.59. The minimum Gasteiger partial charge on any atom is -0.352 e. The third-order valence-corrected chi connectivity index (χ3v) is 3.23. The van der Waals surface area contributed by atoms with Gasteiger partial charge in [-0.05, 0) is 46.1 Å². The summed E-state index contributed by atoms with van der Waals surface area (Å²) in [6.07, 6.45) is 4.10. The predicted molar refractivity (Wildman–Crippen MR) is 74.4 cm³/mol. The molecule has 1 aromatic heterocycles. The van der Waals surface area contributed by atoms with Crippen LogP contribution in [0.25, 0.3) is 0 Å². The molecule has 2 aromatic rings. The van der Waals surface area contributed by atoms with Gasteiger partial charge in [-0.25, -0.2) is 4.39 Å². The minimum absolute atomic E-state index is 0.0422. The van der Waals surface area contributed by atoms with E-state index in [1.54, 1.807) is 24.5 Å². The standard InChI is InChI=1S/C14H12BrFN2O/c15-12-5-1-4-11(13(12)16)14(19)18-8-6-10-3-2-7-17-9-10/h1-5,7,9H,6,8H2,(H,18,19). The van der Waals surface area contributed by atoms with Crippen molar-refractivity contribution < 1.29 is 9.18 Å². The van der Waals surface area contributed by atoms with Gasteiger partial charge in [0.2, 0.25) is 0 Å². The summed E-state index contributed by atoms with van der Waals surface area (Å²) in [5.74, 6) is -0.955. The third-order valence-electron chi connectivity index (χ3n) is 2.62. The summed E-state index contributed by atoms with van der Waals surface area (Å²) in [5.41, 5.74) is 1.07. The maximum atomic E-state index is 13.7. The third kappa shape index (κ3) is 3.61. The zero-order valence-corrected chi connectivity index (χ0v) is 11.7. The van der Waals surface area contributed by atoms with Gasteiger partial charge in [0.1, 0.15) is 5.82 Å². The molecular weight excluding hydrogens is 311 g/mol. The number of hydrogen-bond acceptors (Lipinski definition) is 2. The molecule has 2 rings (SSSR count). The van der Waals surface area contributed by atoms with Crippen LogP contribution in [0.1, 0.15) is 15.9 Å². The first-order valence-electron chi connectivity index (χ1n) is 5.79. The number of carbonyl (C=O) groups is 1. The molecule has 0 saturated heterocycles. The average Bonchev–Trinajstić information content (AvgIpc) is 2.43. The molecule has 5 heteroatoms. The summed E-state index contributed by atoms with van der Waals surface area (Å²) >= 11 is 3.06. The van der Waals surface area contributed by atoms with Crippen LogP contribution in [0.4, 0.5) is 4.39 Å². The van der Waals surface area contributed by atoms with E-state index in [2.05, 4.69) is 26.2 Å². The molecule has 1 aromatic carbocycles. The number of pyridine rings is 1. The molecule has 0 fully saturated rings. The minimum atomic E-state index is -0.540. The Morgan fingerprint density at radius 3 is 2.89 bits per heavy atom. The van der Waals surface area contributed by atoms with Gasteiger partial charge in [-0.3, -0.25) is 9.78 Å². The molecule has 0 atom stereocenters. The second-order valence-electron chi connectivity index (χ2n) is 3.97. The van der Waals surface area contributed by atoms with E-state index < -0.39 is 11.7 Å². The van der Waals surface area contributed by atoms with E-state index in [9.17, 15) is 9.18 Å². The Kier molecular flexibility index (Phi) is 4.63. The molecule has 3 nitrogen and oxygen atoms in total. The number of halogens is 2. The number of amides is 1. The average molecular weight is 323 g/mol. The molecule has 0 radical (unpaired) electrons. The fourth-order valence-electron chi connectivity index (χ4n) is 1.64. The van der Waals surface area contributed by atoms with Crippen molar-refractivity contribution in [2.24, 2.45) is 0 Å². The fraction of sp³-hybridized carbons (Fsp3) is 0.143. The first kappa shape index (κ1) is 13.7.